The summed E-state index contributed by atoms with van der Waals surface area (Å²) in [7, 11) is 1.75. The first-order chi connectivity index (χ1) is 4.34. The van der Waals surface area contributed by atoms with Gasteiger partial charge in [-0.3, -0.25) is 0 Å². The van der Waals surface area contributed by atoms with Gasteiger partial charge in [-0.2, -0.15) is 0 Å². The summed E-state index contributed by atoms with van der Waals surface area (Å²) in [4.78, 5) is 0. The van der Waals surface area contributed by atoms with Crippen molar-refractivity contribution in [1.29, 1.82) is 0 Å². The van der Waals surface area contributed by atoms with E-state index in [0.29, 0.717) is 12.0 Å². The van der Waals surface area contributed by atoms with Gasteiger partial charge in [-0.25, -0.2) is 0 Å². The average molecular weight is 130 g/mol. The van der Waals surface area contributed by atoms with Crippen molar-refractivity contribution in [3.63, 3.8) is 0 Å². The summed E-state index contributed by atoms with van der Waals surface area (Å²) in [6.07, 6.45) is 1.47. The van der Waals surface area contributed by atoms with Crippen molar-refractivity contribution in [2.24, 2.45) is 5.92 Å². The smallest absolute Gasteiger partial charge is 0.0830 e. The van der Waals surface area contributed by atoms with E-state index in [1.54, 1.807) is 7.11 Å². The van der Waals surface area contributed by atoms with E-state index in [1.165, 1.54) is 0 Å². The highest BCUT2D eigenvalue weighted by molar-refractivity contribution is 4.69. The summed E-state index contributed by atoms with van der Waals surface area (Å²) in [5.74, 6) is 0.670. The molecule has 0 aromatic carbocycles. The molecule has 1 rings (SSSR count). The van der Waals surface area contributed by atoms with Gasteiger partial charge in [0.1, 0.15) is 0 Å². The van der Waals surface area contributed by atoms with Gasteiger partial charge < -0.3 is 9.47 Å². The molecule has 1 fully saturated rings. The minimum Gasteiger partial charge on any atom is -0.379 e. The van der Waals surface area contributed by atoms with Crippen LogP contribution in [0.15, 0.2) is 0 Å². The van der Waals surface area contributed by atoms with Gasteiger partial charge in [-0.1, -0.05) is 6.92 Å². The maximum Gasteiger partial charge on any atom is 0.0830 e. The quantitative estimate of drug-likeness (QED) is 0.528. The predicted octanol–water partition coefficient (Wildman–Crippen LogP) is 1.06. The molecule has 0 N–H and O–H groups in total. The van der Waals surface area contributed by atoms with Gasteiger partial charge in [0.25, 0.3) is 0 Å². The second-order valence-electron chi connectivity index (χ2n) is 2.62. The highest BCUT2D eigenvalue weighted by Crippen LogP contribution is 2.16. The minimum absolute atomic E-state index is 0.332. The molecular formula is C7H14O2. The lowest BCUT2D eigenvalue weighted by molar-refractivity contribution is -0.0600. The van der Waals surface area contributed by atoms with E-state index >= 15 is 0 Å². The van der Waals surface area contributed by atoms with Crippen molar-refractivity contribution in [3.8, 4) is 0 Å². The zero-order valence-electron chi connectivity index (χ0n) is 6.09. The van der Waals surface area contributed by atoms with Crippen LogP contribution in [-0.4, -0.2) is 26.4 Å². The third-order valence-electron chi connectivity index (χ3n) is 1.94. The van der Waals surface area contributed by atoms with Crippen LogP contribution < -0.4 is 0 Å². The Kier molecular flexibility index (Phi) is 2.49. The Morgan fingerprint density at radius 2 is 2.33 bits per heavy atom. The Labute approximate surface area is 56.2 Å². The fourth-order valence-corrected chi connectivity index (χ4v) is 1.12. The van der Waals surface area contributed by atoms with E-state index in [4.69, 9.17) is 9.47 Å². The molecule has 1 heterocycles. The Morgan fingerprint density at radius 3 is 2.78 bits per heavy atom. The van der Waals surface area contributed by atoms with Crippen LogP contribution in [0.5, 0.6) is 0 Å². The first-order valence-corrected chi connectivity index (χ1v) is 3.45. The van der Waals surface area contributed by atoms with Gasteiger partial charge in [-0.15, -0.1) is 0 Å². The molecule has 2 nitrogen and oxygen atoms in total. The molecule has 0 aromatic rings. The van der Waals surface area contributed by atoms with E-state index in [1.807, 2.05) is 0 Å². The highest BCUT2D eigenvalue weighted by atomic mass is 16.5. The number of ether oxygens (including phenoxy) is 2. The second kappa shape index (κ2) is 3.18. The molecule has 0 amide bonds. The summed E-state index contributed by atoms with van der Waals surface area (Å²) in [6.45, 7) is 3.88. The van der Waals surface area contributed by atoms with Crippen molar-refractivity contribution < 1.29 is 9.47 Å². The minimum atomic E-state index is 0.332. The molecule has 9 heavy (non-hydrogen) atoms. The number of methoxy groups -OCH3 is 1. The van der Waals surface area contributed by atoms with Crippen molar-refractivity contribution in [2.75, 3.05) is 20.3 Å². The second-order valence-corrected chi connectivity index (χ2v) is 2.62. The lowest BCUT2D eigenvalue weighted by Crippen LogP contribution is -2.31. The number of rotatable bonds is 1. The zero-order valence-corrected chi connectivity index (χ0v) is 6.09. The summed E-state index contributed by atoms with van der Waals surface area (Å²) < 4.78 is 10.4. The molecule has 0 aliphatic carbocycles. The van der Waals surface area contributed by atoms with Crippen LogP contribution in [0.25, 0.3) is 0 Å². The molecule has 0 spiro atoms. The molecule has 0 radical (unpaired) electrons. The molecule has 1 saturated heterocycles. The van der Waals surface area contributed by atoms with Crippen LogP contribution in [0.4, 0.5) is 0 Å². The molecule has 54 valence electrons. The molecule has 2 unspecified atom stereocenters. The van der Waals surface area contributed by atoms with E-state index in [2.05, 4.69) is 6.92 Å². The van der Waals surface area contributed by atoms with Crippen LogP contribution in [-0.2, 0) is 9.47 Å². The van der Waals surface area contributed by atoms with E-state index < -0.39 is 0 Å². The summed E-state index contributed by atoms with van der Waals surface area (Å²) in [5, 5.41) is 0. The van der Waals surface area contributed by atoms with Crippen molar-refractivity contribution in [3.05, 3.63) is 0 Å². The topological polar surface area (TPSA) is 18.5 Å². The SMILES string of the molecule is COC1COCCC1C. The van der Waals surface area contributed by atoms with Crippen molar-refractivity contribution in [2.45, 2.75) is 19.4 Å². The van der Waals surface area contributed by atoms with Crippen molar-refractivity contribution in [1.82, 2.24) is 0 Å². The first-order valence-electron chi connectivity index (χ1n) is 3.45. The summed E-state index contributed by atoms with van der Waals surface area (Å²) in [5.41, 5.74) is 0. The van der Waals surface area contributed by atoms with Crippen LogP contribution in [0.3, 0.4) is 0 Å². The van der Waals surface area contributed by atoms with Gasteiger partial charge >= 0.3 is 0 Å². The van der Waals surface area contributed by atoms with Crippen LogP contribution in [0, 0.1) is 5.92 Å². The molecule has 2 heteroatoms. The van der Waals surface area contributed by atoms with Crippen LogP contribution >= 0.6 is 0 Å². The van der Waals surface area contributed by atoms with Crippen molar-refractivity contribution >= 4 is 0 Å². The monoisotopic (exact) mass is 130 g/mol. The average Bonchev–Trinajstić information content (AvgIpc) is 1.89. The van der Waals surface area contributed by atoms with E-state index in [9.17, 15) is 0 Å². The van der Waals surface area contributed by atoms with Gasteiger partial charge in [0.15, 0.2) is 0 Å². The Hall–Kier alpha value is -0.0800. The Bertz CT molecular complexity index is 83.0. The fourth-order valence-electron chi connectivity index (χ4n) is 1.12. The molecular weight excluding hydrogens is 116 g/mol. The lowest BCUT2D eigenvalue weighted by atomic mass is 10.00. The lowest BCUT2D eigenvalue weighted by Gasteiger charge is -2.27. The third-order valence-corrected chi connectivity index (χ3v) is 1.94. The zero-order chi connectivity index (χ0) is 6.69. The van der Waals surface area contributed by atoms with E-state index in [-0.39, 0.29) is 0 Å². The maximum atomic E-state index is 5.22. The normalized spacial score (nSPS) is 36.7. The molecule has 0 aromatic heterocycles. The first kappa shape index (κ1) is 7.03. The van der Waals surface area contributed by atoms with Crippen LogP contribution in [0.1, 0.15) is 13.3 Å². The Balaban J connectivity index is 2.30. The molecule has 1 aliphatic heterocycles. The van der Waals surface area contributed by atoms with Gasteiger partial charge in [0, 0.05) is 13.7 Å². The van der Waals surface area contributed by atoms with E-state index in [0.717, 1.165) is 19.6 Å². The Morgan fingerprint density at radius 1 is 1.56 bits per heavy atom. The van der Waals surface area contributed by atoms with Gasteiger partial charge in [0.05, 0.1) is 12.7 Å². The molecule has 1 aliphatic rings. The predicted molar refractivity (Wildman–Crippen MR) is 35.4 cm³/mol. The van der Waals surface area contributed by atoms with Gasteiger partial charge in [-0.05, 0) is 12.3 Å². The maximum absolute atomic E-state index is 5.22. The fraction of sp³-hybridized carbons (Fsp3) is 1.00. The molecule has 2 atom stereocenters. The summed E-state index contributed by atoms with van der Waals surface area (Å²) in [6, 6.07) is 0. The number of hydrogen-bond acceptors (Lipinski definition) is 2. The standard InChI is InChI=1S/C7H14O2/c1-6-3-4-9-5-7(6)8-2/h6-7H,3-5H2,1-2H3. The number of hydrogen-bond donors (Lipinski definition) is 0. The summed E-state index contributed by atoms with van der Waals surface area (Å²) >= 11 is 0. The molecule has 0 bridgehead atoms. The largest absolute Gasteiger partial charge is 0.379 e. The molecule has 0 saturated carbocycles. The van der Waals surface area contributed by atoms with Gasteiger partial charge in [0.2, 0.25) is 0 Å². The highest BCUT2D eigenvalue weighted by Gasteiger charge is 2.20. The third kappa shape index (κ3) is 1.66. The van der Waals surface area contributed by atoms with Crippen LogP contribution in [0.2, 0.25) is 0 Å².